The van der Waals surface area contributed by atoms with Gasteiger partial charge in [-0.1, -0.05) is 33.6 Å². The van der Waals surface area contributed by atoms with Gasteiger partial charge in [-0.2, -0.15) is 5.10 Å². The highest BCUT2D eigenvalue weighted by molar-refractivity contribution is 5.59. The summed E-state index contributed by atoms with van der Waals surface area (Å²) in [5.74, 6) is 0.548. The van der Waals surface area contributed by atoms with Crippen molar-refractivity contribution in [1.29, 1.82) is 0 Å². The first-order valence-electron chi connectivity index (χ1n) is 6.02. The number of nitrogens with zero attached hydrogens (tertiary/aromatic N) is 1. The van der Waals surface area contributed by atoms with Crippen molar-refractivity contribution in [2.24, 2.45) is 11.0 Å². The summed E-state index contributed by atoms with van der Waals surface area (Å²) in [5, 5.41) is 4.26. The van der Waals surface area contributed by atoms with Crippen LogP contribution in [0, 0.1) is 5.92 Å². The van der Waals surface area contributed by atoms with Crippen molar-refractivity contribution in [3.05, 3.63) is 0 Å². The zero-order valence-electron chi connectivity index (χ0n) is 10.6. The summed E-state index contributed by atoms with van der Waals surface area (Å²) in [6.45, 7) is 7.27. The van der Waals surface area contributed by atoms with Crippen molar-refractivity contribution in [1.82, 2.24) is 5.43 Å². The van der Waals surface area contributed by atoms with Crippen LogP contribution in [0.4, 0.5) is 0 Å². The quantitative estimate of drug-likeness (QED) is 0.473. The Labute approximate surface area is 94.3 Å². The van der Waals surface area contributed by atoms with Gasteiger partial charge in [0.25, 0.3) is 0 Å². The van der Waals surface area contributed by atoms with Crippen LogP contribution in [-0.2, 0) is 4.74 Å². The number of methoxy groups -OCH3 is 1. The molecule has 0 bridgehead atoms. The highest BCUT2D eigenvalue weighted by Crippen LogP contribution is 2.01. The monoisotopic (exact) mass is 214 g/mol. The molecule has 0 spiro atoms. The molecule has 0 aliphatic heterocycles. The van der Waals surface area contributed by atoms with E-state index in [9.17, 15) is 0 Å². The number of hydrogen-bond acceptors (Lipinski definition) is 3. The minimum absolute atomic E-state index is 0.357. The fourth-order valence-corrected chi connectivity index (χ4v) is 1.22. The van der Waals surface area contributed by atoms with E-state index in [4.69, 9.17) is 4.74 Å². The lowest BCUT2D eigenvalue weighted by molar-refractivity contribution is 0.162. The van der Waals surface area contributed by atoms with E-state index >= 15 is 0 Å². The lowest BCUT2D eigenvalue weighted by Gasteiger charge is -2.15. The standard InChI is InChI=1S/C12H26N2O/c1-5-7-8-12(10-15-4)14-13-9-11(3)6-2/h9,11-12,14H,5-8,10H2,1-4H3/b13-9-/t11-,12?/m1/s1. The van der Waals surface area contributed by atoms with E-state index in [2.05, 4.69) is 31.3 Å². The normalized spacial score (nSPS) is 15.5. The molecule has 0 aromatic carbocycles. The van der Waals surface area contributed by atoms with Gasteiger partial charge >= 0.3 is 0 Å². The highest BCUT2D eigenvalue weighted by atomic mass is 16.5. The Morgan fingerprint density at radius 2 is 2.13 bits per heavy atom. The van der Waals surface area contributed by atoms with Gasteiger partial charge in [-0.3, -0.25) is 0 Å². The molecule has 0 aromatic rings. The van der Waals surface area contributed by atoms with Gasteiger partial charge in [0.05, 0.1) is 12.6 Å². The number of unbranched alkanes of at least 4 members (excludes halogenated alkanes) is 1. The van der Waals surface area contributed by atoms with E-state index in [1.807, 2.05) is 6.21 Å². The zero-order valence-corrected chi connectivity index (χ0v) is 10.6. The third kappa shape index (κ3) is 8.43. The fourth-order valence-electron chi connectivity index (χ4n) is 1.22. The fraction of sp³-hybridized carbons (Fsp3) is 0.917. The molecule has 90 valence electrons. The SMILES string of the molecule is CCCCC(COC)N/N=C\[C@H](C)CC. The van der Waals surface area contributed by atoms with Crippen molar-refractivity contribution in [2.45, 2.75) is 52.5 Å². The van der Waals surface area contributed by atoms with Crippen LogP contribution in [0.3, 0.4) is 0 Å². The first-order chi connectivity index (χ1) is 7.24. The number of ether oxygens (including phenoxy) is 1. The molecule has 1 N–H and O–H groups in total. The Kier molecular flexibility index (Phi) is 9.59. The molecule has 3 nitrogen and oxygen atoms in total. The number of rotatable bonds is 9. The molecule has 0 rings (SSSR count). The van der Waals surface area contributed by atoms with Gasteiger partial charge in [0, 0.05) is 13.3 Å². The molecule has 0 heterocycles. The molecule has 0 amide bonds. The second-order valence-electron chi connectivity index (χ2n) is 4.09. The first-order valence-corrected chi connectivity index (χ1v) is 6.02. The average molecular weight is 214 g/mol. The smallest absolute Gasteiger partial charge is 0.0680 e. The lowest BCUT2D eigenvalue weighted by Crippen LogP contribution is -2.29. The third-order valence-electron chi connectivity index (χ3n) is 2.50. The van der Waals surface area contributed by atoms with E-state index < -0.39 is 0 Å². The molecular weight excluding hydrogens is 188 g/mol. The maximum Gasteiger partial charge on any atom is 0.0680 e. The van der Waals surface area contributed by atoms with Crippen LogP contribution < -0.4 is 5.43 Å². The number of nitrogens with one attached hydrogen (secondary N) is 1. The van der Waals surface area contributed by atoms with Crippen LogP contribution in [0.15, 0.2) is 5.10 Å². The Balaban J connectivity index is 3.78. The van der Waals surface area contributed by atoms with Gasteiger partial charge in [0.2, 0.25) is 0 Å². The van der Waals surface area contributed by atoms with Crippen molar-refractivity contribution < 1.29 is 4.74 Å². The van der Waals surface area contributed by atoms with Crippen LogP contribution >= 0.6 is 0 Å². The summed E-state index contributed by atoms with van der Waals surface area (Å²) >= 11 is 0. The summed E-state index contributed by atoms with van der Waals surface area (Å²) in [7, 11) is 1.74. The van der Waals surface area contributed by atoms with Gasteiger partial charge < -0.3 is 10.2 Å². The average Bonchev–Trinajstić information content (AvgIpc) is 2.25. The second-order valence-corrected chi connectivity index (χ2v) is 4.09. The molecule has 0 aliphatic carbocycles. The van der Waals surface area contributed by atoms with Crippen LogP contribution in [0.25, 0.3) is 0 Å². The number of hydrogen-bond donors (Lipinski definition) is 1. The minimum atomic E-state index is 0.357. The second kappa shape index (κ2) is 9.97. The van der Waals surface area contributed by atoms with Crippen LogP contribution in [0.5, 0.6) is 0 Å². The molecule has 0 radical (unpaired) electrons. The predicted molar refractivity (Wildman–Crippen MR) is 66.3 cm³/mol. The van der Waals surface area contributed by atoms with E-state index in [-0.39, 0.29) is 0 Å². The summed E-state index contributed by atoms with van der Waals surface area (Å²) in [6.07, 6.45) is 6.68. The summed E-state index contributed by atoms with van der Waals surface area (Å²) in [5.41, 5.74) is 3.17. The van der Waals surface area contributed by atoms with Crippen molar-refractivity contribution in [2.75, 3.05) is 13.7 Å². The van der Waals surface area contributed by atoms with Crippen LogP contribution in [0.1, 0.15) is 46.5 Å². The van der Waals surface area contributed by atoms with E-state index in [1.54, 1.807) is 7.11 Å². The summed E-state index contributed by atoms with van der Waals surface area (Å²) in [6, 6.07) is 0.357. The molecule has 0 aliphatic rings. The minimum Gasteiger partial charge on any atom is -0.382 e. The molecule has 2 atom stereocenters. The summed E-state index contributed by atoms with van der Waals surface area (Å²) < 4.78 is 5.15. The molecular formula is C12H26N2O. The molecule has 0 saturated heterocycles. The summed E-state index contributed by atoms with van der Waals surface area (Å²) in [4.78, 5) is 0. The van der Waals surface area contributed by atoms with Gasteiger partial charge in [-0.05, 0) is 18.8 Å². The van der Waals surface area contributed by atoms with Crippen LogP contribution in [0.2, 0.25) is 0 Å². The molecule has 1 unspecified atom stereocenters. The van der Waals surface area contributed by atoms with Gasteiger partial charge in [0.15, 0.2) is 0 Å². The molecule has 3 heteroatoms. The van der Waals surface area contributed by atoms with Crippen LogP contribution in [-0.4, -0.2) is 26.0 Å². The lowest BCUT2D eigenvalue weighted by atomic mass is 10.1. The zero-order chi connectivity index (χ0) is 11.5. The van der Waals surface area contributed by atoms with Crippen molar-refractivity contribution in [3.8, 4) is 0 Å². The topological polar surface area (TPSA) is 33.6 Å². The molecule has 0 fully saturated rings. The molecule has 0 aromatic heterocycles. The molecule has 15 heavy (non-hydrogen) atoms. The van der Waals surface area contributed by atoms with E-state index in [1.165, 1.54) is 12.8 Å². The maximum atomic E-state index is 5.15. The highest BCUT2D eigenvalue weighted by Gasteiger charge is 2.05. The molecule has 0 saturated carbocycles. The Morgan fingerprint density at radius 3 is 2.67 bits per heavy atom. The largest absolute Gasteiger partial charge is 0.382 e. The first kappa shape index (κ1) is 14.4. The van der Waals surface area contributed by atoms with Gasteiger partial charge in [0.1, 0.15) is 0 Å². The Morgan fingerprint density at radius 1 is 1.40 bits per heavy atom. The third-order valence-corrected chi connectivity index (χ3v) is 2.50. The predicted octanol–water partition coefficient (Wildman–Crippen LogP) is 2.81. The van der Waals surface area contributed by atoms with Gasteiger partial charge in [-0.25, -0.2) is 0 Å². The van der Waals surface area contributed by atoms with E-state index in [0.29, 0.717) is 12.0 Å². The number of hydrazone groups is 1. The Bertz CT molecular complexity index is 160. The maximum absolute atomic E-state index is 5.15. The van der Waals surface area contributed by atoms with Gasteiger partial charge in [-0.15, -0.1) is 0 Å². The van der Waals surface area contributed by atoms with Crippen molar-refractivity contribution >= 4 is 6.21 Å². The Hall–Kier alpha value is -0.570. The van der Waals surface area contributed by atoms with Crippen molar-refractivity contribution in [3.63, 3.8) is 0 Å². The van der Waals surface area contributed by atoms with E-state index in [0.717, 1.165) is 19.4 Å².